The summed E-state index contributed by atoms with van der Waals surface area (Å²) >= 11 is 0. The van der Waals surface area contributed by atoms with Crippen LogP contribution in [0.1, 0.15) is 23.2 Å². The number of hydrogen-bond donors (Lipinski definition) is 2. The van der Waals surface area contributed by atoms with E-state index >= 15 is 0 Å². The van der Waals surface area contributed by atoms with Crippen LogP contribution in [0.2, 0.25) is 0 Å². The lowest BCUT2D eigenvalue weighted by molar-refractivity contribution is -0.115. The van der Waals surface area contributed by atoms with Gasteiger partial charge in [0, 0.05) is 24.5 Å². The number of ether oxygens (including phenoxy) is 2. The van der Waals surface area contributed by atoms with Crippen LogP contribution in [0, 0.1) is 0 Å². The number of nitrogens with one attached hydrogen (secondary N) is 2. The molecule has 0 aromatic heterocycles. The van der Waals surface area contributed by atoms with Crippen molar-refractivity contribution in [2.75, 3.05) is 44.1 Å². The first kappa shape index (κ1) is 19.5. The first-order chi connectivity index (χ1) is 13.6. The summed E-state index contributed by atoms with van der Waals surface area (Å²) in [7, 11) is 2.95. The highest BCUT2D eigenvalue weighted by atomic mass is 16.5. The molecule has 2 aromatic rings. The number of carbonyl (C=O) groups is 2. The van der Waals surface area contributed by atoms with Gasteiger partial charge >= 0.3 is 0 Å². The van der Waals surface area contributed by atoms with Crippen LogP contribution < -0.4 is 25.0 Å². The second kappa shape index (κ2) is 9.12. The van der Waals surface area contributed by atoms with Gasteiger partial charge < -0.3 is 25.0 Å². The Morgan fingerprint density at radius 3 is 2.14 bits per heavy atom. The summed E-state index contributed by atoms with van der Waals surface area (Å²) in [6.07, 6.45) is 2.43. The van der Waals surface area contributed by atoms with Gasteiger partial charge in [-0.15, -0.1) is 0 Å². The van der Waals surface area contributed by atoms with Gasteiger partial charge in [0.15, 0.2) is 0 Å². The minimum Gasteiger partial charge on any atom is -0.496 e. The molecule has 0 radical (unpaired) electrons. The fraction of sp³-hybridized carbons (Fsp3) is 0.333. The third kappa shape index (κ3) is 4.54. The van der Waals surface area contributed by atoms with Crippen molar-refractivity contribution in [3.8, 4) is 11.5 Å². The Balaban J connectivity index is 1.56. The Morgan fingerprint density at radius 2 is 1.57 bits per heavy atom. The fourth-order valence-electron chi connectivity index (χ4n) is 3.26. The maximum absolute atomic E-state index is 12.5. The van der Waals surface area contributed by atoms with Crippen LogP contribution in [0.3, 0.4) is 0 Å². The highest BCUT2D eigenvalue weighted by molar-refractivity contribution is 6.02. The quantitative estimate of drug-likeness (QED) is 0.768. The SMILES string of the molecule is COc1cccc(OC)c1C(=O)NCC(=O)Nc1ccc(N2CCCC2)cc1. The predicted molar refractivity (Wildman–Crippen MR) is 108 cm³/mol. The summed E-state index contributed by atoms with van der Waals surface area (Å²) in [6.45, 7) is 1.99. The van der Waals surface area contributed by atoms with Gasteiger partial charge in [-0.2, -0.15) is 0 Å². The highest BCUT2D eigenvalue weighted by Gasteiger charge is 2.19. The molecule has 1 aliphatic heterocycles. The molecule has 3 rings (SSSR count). The largest absolute Gasteiger partial charge is 0.496 e. The van der Waals surface area contributed by atoms with E-state index in [-0.39, 0.29) is 18.0 Å². The van der Waals surface area contributed by atoms with Crippen molar-refractivity contribution in [1.82, 2.24) is 5.32 Å². The molecule has 2 amide bonds. The lowest BCUT2D eigenvalue weighted by atomic mass is 10.1. The topological polar surface area (TPSA) is 79.9 Å². The van der Waals surface area contributed by atoms with Gasteiger partial charge in [-0.25, -0.2) is 0 Å². The molecule has 1 fully saturated rings. The normalized spacial score (nSPS) is 13.1. The molecule has 0 bridgehead atoms. The molecule has 0 saturated carbocycles. The monoisotopic (exact) mass is 383 g/mol. The van der Waals surface area contributed by atoms with E-state index in [9.17, 15) is 9.59 Å². The fourth-order valence-corrected chi connectivity index (χ4v) is 3.26. The Morgan fingerprint density at radius 1 is 0.964 bits per heavy atom. The van der Waals surface area contributed by atoms with E-state index in [1.165, 1.54) is 27.1 Å². The van der Waals surface area contributed by atoms with Crippen LogP contribution in [0.15, 0.2) is 42.5 Å². The van der Waals surface area contributed by atoms with Crippen molar-refractivity contribution >= 4 is 23.2 Å². The molecule has 0 unspecified atom stereocenters. The van der Waals surface area contributed by atoms with Crippen LogP contribution >= 0.6 is 0 Å². The van der Waals surface area contributed by atoms with Gasteiger partial charge in [0.05, 0.1) is 20.8 Å². The summed E-state index contributed by atoms with van der Waals surface area (Å²) in [5.41, 5.74) is 2.11. The standard InChI is InChI=1S/C21H25N3O4/c1-27-17-6-5-7-18(28-2)20(17)21(26)22-14-19(25)23-15-8-10-16(11-9-15)24-12-3-4-13-24/h5-11H,3-4,12-14H2,1-2H3,(H,22,26)(H,23,25). The molecule has 0 atom stereocenters. The summed E-state index contributed by atoms with van der Waals surface area (Å²) in [4.78, 5) is 27.0. The van der Waals surface area contributed by atoms with E-state index in [1.54, 1.807) is 18.2 Å². The van der Waals surface area contributed by atoms with Crippen LogP contribution in [0.5, 0.6) is 11.5 Å². The maximum atomic E-state index is 12.5. The molecular formula is C21H25N3O4. The second-order valence-corrected chi connectivity index (χ2v) is 6.51. The Bertz CT molecular complexity index is 808. The number of anilines is 2. The zero-order chi connectivity index (χ0) is 19.9. The number of carbonyl (C=O) groups excluding carboxylic acids is 2. The average Bonchev–Trinajstić information content (AvgIpc) is 3.26. The third-order valence-corrected chi connectivity index (χ3v) is 4.69. The van der Waals surface area contributed by atoms with Crippen molar-refractivity contribution < 1.29 is 19.1 Å². The van der Waals surface area contributed by atoms with Crippen LogP contribution in [-0.2, 0) is 4.79 Å². The van der Waals surface area contributed by atoms with E-state index in [1.807, 2.05) is 24.3 Å². The molecule has 2 aromatic carbocycles. The first-order valence-electron chi connectivity index (χ1n) is 9.26. The van der Waals surface area contributed by atoms with E-state index < -0.39 is 5.91 Å². The van der Waals surface area contributed by atoms with Crippen LogP contribution in [0.25, 0.3) is 0 Å². The Hall–Kier alpha value is -3.22. The van der Waals surface area contributed by atoms with Gasteiger partial charge in [0.2, 0.25) is 5.91 Å². The average molecular weight is 383 g/mol. The maximum Gasteiger partial charge on any atom is 0.259 e. The lowest BCUT2D eigenvalue weighted by Crippen LogP contribution is -2.33. The zero-order valence-electron chi connectivity index (χ0n) is 16.2. The molecule has 2 N–H and O–H groups in total. The summed E-state index contributed by atoms with van der Waals surface area (Å²) in [5, 5.41) is 5.39. The van der Waals surface area contributed by atoms with Crippen LogP contribution in [-0.4, -0.2) is 45.7 Å². The number of nitrogens with zero attached hydrogens (tertiary/aromatic N) is 1. The number of benzene rings is 2. The minimum atomic E-state index is -0.436. The Kier molecular flexibility index (Phi) is 6.37. The molecule has 28 heavy (non-hydrogen) atoms. The molecule has 148 valence electrons. The molecule has 1 heterocycles. The highest BCUT2D eigenvalue weighted by Crippen LogP contribution is 2.28. The van der Waals surface area contributed by atoms with E-state index in [2.05, 4.69) is 15.5 Å². The van der Waals surface area contributed by atoms with Crippen LogP contribution in [0.4, 0.5) is 11.4 Å². The molecule has 1 saturated heterocycles. The van der Waals surface area contributed by atoms with Crippen molar-refractivity contribution in [1.29, 1.82) is 0 Å². The predicted octanol–water partition coefficient (Wildman–Crippen LogP) is 2.67. The summed E-state index contributed by atoms with van der Waals surface area (Å²) in [5.74, 6) is 0.0227. The van der Waals surface area contributed by atoms with Crippen molar-refractivity contribution in [3.63, 3.8) is 0 Å². The van der Waals surface area contributed by atoms with E-state index in [0.29, 0.717) is 17.2 Å². The first-order valence-corrected chi connectivity index (χ1v) is 9.26. The number of amides is 2. The number of rotatable bonds is 7. The third-order valence-electron chi connectivity index (χ3n) is 4.69. The summed E-state index contributed by atoms with van der Waals surface area (Å²) in [6, 6.07) is 12.8. The summed E-state index contributed by atoms with van der Waals surface area (Å²) < 4.78 is 10.4. The van der Waals surface area contributed by atoms with Gasteiger partial charge in [-0.1, -0.05) is 6.07 Å². The minimum absolute atomic E-state index is 0.159. The lowest BCUT2D eigenvalue weighted by Gasteiger charge is -2.17. The second-order valence-electron chi connectivity index (χ2n) is 6.51. The molecule has 0 aliphatic carbocycles. The van der Waals surface area contributed by atoms with E-state index in [4.69, 9.17) is 9.47 Å². The Labute approximate surface area is 164 Å². The van der Waals surface area contributed by atoms with Gasteiger partial charge in [0.1, 0.15) is 17.1 Å². The van der Waals surface area contributed by atoms with E-state index in [0.717, 1.165) is 18.8 Å². The van der Waals surface area contributed by atoms with Gasteiger partial charge in [-0.05, 0) is 49.2 Å². The zero-order valence-corrected chi connectivity index (χ0v) is 16.2. The molecule has 0 spiro atoms. The molecule has 7 nitrogen and oxygen atoms in total. The molecule has 7 heteroatoms. The number of hydrogen-bond acceptors (Lipinski definition) is 5. The smallest absolute Gasteiger partial charge is 0.259 e. The van der Waals surface area contributed by atoms with Crippen molar-refractivity contribution in [3.05, 3.63) is 48.0 Å². The molecular weight excluding hydrogens is 358 g/mol. The van der Waals surface area contributed by atoms with Gasteiger partial charge in [0.25, 0.3) is 5.91 Å². The number of methoxy groups -OCH3 is 2. The molecule has 1 aliphatic rings. The van der Waals surface area contributed by atoms with Crippen molar-refractivity contribution in [2.45, 2.75) is 12.8 Å². The van der Waals surface area contributed by atoms with Crippen molar-refractivity contribution in [2.24, 2.45) is 0 Å². The van der Waals surface area contributed by atoms with Gasteiger partial charge in [-0.3, -0.25) is 9.59 Å².